The second-order valence-electron chi connectivity index (χ2n) is 2.09. The van der Waals surface area contributed by atoms with E-state index in [1.807, 2.05) is 39.6 Å². The van der Waals surface area contributed by atoms with Gasteiger partial charge < -0.3 is 5.32 Å². The highest BCUT2D eigenvalue weighted by Gasteiger charge is 2.10. The SMILES string of the molecule is CC.CC.CN1CCNC(=O)C1. The molecule has 0 aromatic rings. The summed E-state index contributed by atoms with van der Waals surface area (Å²) in [7, 11) is 1.94. The molecule has 0 bridgehead atoms. The first-order chi connectivity index (χ1) is 5.79. The van der Waals surface area contributed by atoms with Crippen LogP contribution in [0.3, 0.4) is 0 Å². The molecule has 0 aromatic carbocycles. The van der Waals surface area contributed by atoms with Gasteiger partial charge in [0.15, 0.2) is 0 Å². The van der Waals surface area contributed by atoms with Crippen LogP contribution in [0, 0.1) is 0 Å². The first-order valence-corrected chi connectivity index (χ1v) is 4.74. The molecule has 12 heavy (non-hydrogen) atoms. The van der Waals surface area contributed by atoms with Crippen molar-refractivity contribution in [3.63, 3.8) is 0 Å². The fourth-order valence-electron chi connectivity index (χ4n) is 0.766. The molecular formula is C9H22N2O. The average Bonchev–Trinajstić information content (AvgIpc) is 2.11. The molecule has 1 saturated heterocycles. The first-order valence-electron chi connectivity index (χ1n) is 4.74. The lowest BCUT2D eigenvalue weighted by molar-refractivity contribution is -0.123. The summed E-state index contributed by atoms with van der Waals surface area (Å²) in [6.07, 6.45) is 0. The van der Waals surface area contributed by atoms with Gasteiger partial charge in [-0.15, -0.1) is 0 Å². The molecule has 1 amide bonds. The Balaban J connectivity index is 0. The number of piperazine rings is 1. The number of nitrogens with one attached hydrogen (secondary N) is 1. The van der Waals surface area contributed by atoms with Crippen molar-refractivity contribution in [1.82, 2.24) is 10.2 Å². The van der Waals surface area contributed by atoms with E-state index < -0.39 is 0 Å². The van der Waals surface area contributed by atoms with Crippen molar-refractivity contribution < 1.29 is 4.79 Å². The van der Waals surface area contributed by atoms with Gasteiger partial charge in [0.05, 0.1) is 6.54 Å². The van der Waals surface area contributed by atoms with Crippen LogP contribution in [0.25, 0.3) is 0 Å². The molecule has 3 nitrogen and oxygen atoms in total. The molecule has 1 rings (SSSR count). The van der Waals surface area contributed by atoms with E-state index >= 15 is 0 Å². The number of hydrogen-bond acceptors (Lipinski definition) is 2. The summed E-state index contributed by atoms with van der Waals surface area (Å²) < 4.78 is 0. The summed E-state index contributed by atoms with van der Waals surface area (Å²) in [4.78, 5) is 12.5. The third-order valence-electron chi connectivity index (χ3n) is 1.23. The molecule has 1 fully saturated rings. The molecule has 0 spiro atoms. The van der Waals surface area contributed by atoms with Crippen molar-refractivity contribution in [3.8, 4) is 0 Å². The van der Waals surface area contributed by atoms with Crippen LogP contribution in [-0.2, 0) is 4.79 Å². The predicted octanol–water partition coefficient (Wildman–Crippen LogP) is 1.10. The quantitative estimate of drug-likeness (QED) is 0.596. The molecule has 0 saturated carbocycles. The Kier molecular flexibility index (Phi) is 12.2. The van der Waals surface area contributed by atoms with Crippen molar-refractivity contribution in [2.75, 3.05) is 26.7 Å². The van der Waals surface area contributed by atoms with Crippen LogP contribution >= 0.6 is 0 Å². The molecule has 0 radical (unpaired) electrons. The number of rotatable bonds is 0. The van der Waals surface area contributed by atoms with Crippen molar-refractivity contribution in [2.45, 2.75) is 27.7 Å². The summed E-state index contributed by atoms with van der Waals surface area (Å²) >= 11 is 0. The zero-order valence-corrected chi connectivity index (χ0v) is 8.98. The zero-order chi connectivity index (χ0) is 9.98. The Hall–Kier alpha value is -0.570. The van der Waals surface area contributed by atoms with E-state index in [9.17, 15) is 4.79 Å². The van der Waals surface area contributed by atoms with Crippen LogP contribution in [0.2, 0.25) is 0 Å². The fraction of sp³-hybridized carbons (Fsp3) is 0.889. The van der Waals surface area contributed by atoms with Crippen molar-refractivity contribution >= 4 is 5.91 Å². The maximum Gasteiger partial charge on any atom is 0.234 e. The largest absolute Gasteiger partial charge is 0.354 e. The van der Waals surface area contributed by atoms with E-state index in [2.05, 4.69) is 5.32 Å². The monoisotopic (exact) mass is 174 g/mol. The van der Waals surface area contributed by atoms with E-state index in [0.717, 1.165) is 13.1 Å². The van der Waals surface area contributed by atoms with Crippen molar-refractivity contribution in [3.05, 3.63) is 0 Å². The molecule has 1 aliphatic rings. The number of hydrogen-bond donors (Lipinski definition) is 1. The maximum absolute atomic E-state index is 10.5. The molecule has 0 aromatic heterocycles. The van der Waals surface area contributed by atoms with Gasteiger partial charge in [-0.3, -0.25) is 9.69 Å². The normalized spacial score (nSPS) is 16.2. The lowest BCUT2D eigenvalue weighted by Crippen LogP contribution is -2.45. The highest BCUT2D eigenvalue weighted by Crippen LogP contribution is 1.85. The molecule has 1 aliphatic heterocycles. The van der Waals surface area contributed by atoms with Crippen LogP contribution in [-0.4, -0.2) is 37.5 Å². The summed E-state index contributed by atoms with van der Waals surface area (Å²) in [5.41, 5.74) is 0. The number of likely N-dealkylation sites (N-methyl/N-ethyl adjacent to an activating group) is 1. The molecular weight excluding hydrogens is 152 g/mol. The van der Waals surface area contributed by atoms with E-state index in [1.165, 1.54) is 0 Å². The van der Waals surface area contributed by atoms with Crippen LogP contribution in [0.15, 0.2) is 0 Å². The lowest BCUT2D eigenvalue weighted by Gasteiger charge is -2.21. The number of amides is 1. The van der Waals surface area contributed by atoms with Crippen LogP contribution in [0.5, 0.6) is 0 Å². The molecule has 0 unspecified atom stereocenters. The number of carbonyl (C=O) groups excluding carboxylic acids is 1. The smallest absolute Gasteiger partial charge is 0.234 e. The Morgan fingerprint density at radius 2 is 1.75 bits per heavy atom. The minimum atomic E-state index is 0.138. The molecule has 0 aliphatic carbocycles. The Morgan fingerprint density at radius 1 is 1.25 bits per heavy atom. The second kappa shape index (κ2) is 10.4. The van der Waals surface area contributed by atoms with Crippen LogP contribution < -0.4 is 5.32 Å². The fourth-order valence-corrected chi connectivity index (χ4v) is 0.766. The average molecular weight is 174 g/mol. The summed E-state index contributed by atoms with van der Waals surface area (Å²) in [5, 5.41) is 2.73. The van der Waals surface area contributed by atoms with E-state index in [1.54, 1.807) is 0 Å². The molecule has 0 atom stereocenters. The van der Waals surface area contributed by atoms with Gasteiger partial charge in [0, 0.05) is 13.1 Å². The lowest BCUT2D eigenvalue weighted by atomic mass is 10.4. The summed E-state index contributed by atoms with van der Waals surface area (Å²) in [6.45, 7) is 10.3. The van der Waals surface area contributed by atoms with E-state index in [4.69, 9.17) is 0 Å². The summed E-state index contributed by atoms with van der Waals surface area (Å²) in [6, 6.07) is 0. The number of nitrogens with zero attached hydrogens (tertiary/aromatic N) is 1. The van der Waals surface area contributed by atoms with Gasteiger partial charge in [-0.2, -0.15) is 0 Å². The van der Waals surface area contributed by atoms with Gasteiger partial charge in [-0.05, 0) is 7.05 Å². The highest BCUT2D eigenvalue weighted by molar-refractivity contribution is 5.78. The van der Waals surface area contributed by atoms with Gasteiger partial charge in [-0.1, -0.05) is 27.7 Å². The molecule has 1 N–H and O–H groups in total. The van der Waals surface area contributed by atoms with Crippen LogP contribution in [0.4, 0.5) is 0 Å². The Morgan fingerprint density at radius 3 is 2.00 bits per heavy atom. The summed E-state index contributed by atoms with van der Waals surface area (Å²) in [5.74, 6) is 0.138. The van der Waals surface area contributed by atoms with Crippen LogP contribution in [0.1, 0.15) is 27.7 Å². The topological polar surface area (TPSA) is 32.3 Å². The van der Waals surface area contributed by atoms with Gasteiger partial charge in [-0.25, -0.2) is 0 Å². The molecule has 1 heterocycles. The third-order valence-corrected chi connectivity index (χ3v) is 1.23. The van der Waals surface area contributed by atoms with Crippen molar-refractivity contribution in [2.24, 2.45) is 0 Å². The highest BCUT2D eigenvalue weighted by atomic mass is 16.2. The molecule has 3 heteroatoms. The van der Waals surface area contributed by atoms with Gasteiger partial charge in [0.1, 0.15) is 0 Å². The van der Waals surface area contributed by atoms with Crippen molar-refractivity contribution in [1.29, 1.82) is 0 Å². The predicted molar refractivity (Wildman–Crippen MR) is 53.2 cm³/mol. The second-order valence-corrected chi connectivity index (χ2v) is 2.09. The third kappa shape index (κ3) is 7.54. The Labute approximate surface area is 76.1 Å². The van der Waals surface area contributed by atoms with E-state index in [-0.39, 0.29) is 5.91 Å². The zero-order valence-electron chi connectivity index (χ0n) is 8.98. The Bertz CT molecular complexity index is 105. The molecule has 74 valence electrons. The van der Waals surface area contributed by atoms with E-state index in [0.29, 0.717) is 6.54 Å². The maximum atomic E-state index is 10.5. The minimum Gasteiger partial charge on any atom is -0.354 e. The van der Waals surface area contributed by atoms with Gasteiger partial charge in [0.25, 0.3) is 0 Å². The minimum absolute atomic E-state index is 0.138. The first kappa shape index (κ1) is 14.0. The number of carbonyl (C=O) groups is 1. The van der Waals surface area contributed by atoms with Gasteiger partial charge >= 0.3 is 0 Å². The van der Waals surface area contributed by atoms with Gasteiger partial charge in [0.2, 0.25) is 5.91 Å². The standard InChI is InChI=1S/C5H10N2O.2C2H6/c1-7-3-2-6-5(8)4-7;2*1-2/h2-4H2,1H3,(H,6,8);2*1-2H3.